The van der Waals surface area contributed by atoms with Crippen LogP contribution in [-0.2, 0) is 15.6 Å². The number of carboxylic acid groups (broad SMARTS) is 1. The summed E-state index contributed by atoms with van der Waals surface area (Å²) in [5, 5.41) is 8.45. The highest BCUT2D eigenvalue weighted by atomic mass is 32.2. The minimum absolute atomic E-state index is 0.00889. The number of rotatable bonds is 7. The van der Waals surface area contributed by atoms with Crippen LogP contribution in [0.15, 0.2) is 24.3 Å². The molecule has 1 aromatic rings. The Morgan fingerprint density at radius 3 is 2.72 bits per heavy atom. The van der Waals surface area contributed by atoms with Gasteiger partial charge in [0.15, 0.2) is 5.78 Å². The molecule has 18 heavy (non-hydrogen) atoms. The second-order valence-corrected chi connectivity index (χ2v) is 5.16. The number of carboxylic acids is 1. The van der Waals surface area contributed by atoms with E-state index in [0.717, 1.165) is 0 Å². The third kappa shape index (κ3) is 4.67. The largest absolute Gasteiger partial charge is 0.497 e. The lowest BCUT2D eigenvalue weighted by Gasteiger charge is -2.03. The van der Waals surface area contributed by atoms with Gasteiger partial charge in [-0.05, 0) is 12.1 Å². The molecule has 0 spiro atoms. The molecule has 6 heteroatoms. The van der Waals surface area contributed by atoms with Crippen molar-refractivity contribution < 1.29 is 23.6 Å². The first-order chi connectivity index (χ1) is 8.52. The summed E-state index contributed by atoms with van der Waals surface area (Å²) in [5.74, 6) is -0.919. The van der Waals surface area contributed by atoms with E-state index < -0.39 is 16.8 Å². The summed E-state index contributed by atoms with van der Waals surface area (Å²) < 4.78 is 16.5. The van der Waals surface area contributed by atoms with Gasteiger partial charge in [-0.1, -0.05) is 12.1 Å². The molecule has 0 radical (unpaired) electrons. The maximum absolute atomic E-state index is 11.8. The van der Waals surface area contributed by atoms with Gasteiger partial charge in [-0.2, -0.15) is 0 Å². The van der Waals surface area contributed by atoms with Crippen LogP contribution in [0.25, 0.3) is 0 Å². The Hall–Kier alpha value is -1.69. The van der Waals surface area contributed by atoms with Gasteiger partial charge in [0.25, 0.3) is 0 Å². The molecule has 0 aromatic heterocycles. The Morgan fingerprint density at radius 2 is 2.11 bits per heavy atom. The average Bonchev–Trinajstić information content (AvgIpc) is 2.36. The molecule has 1 N–H and O–H groups in total. The normalized spacial score (nSPS) is 11.8. The van der Waals surface area contributed by atoms with Gasteiger partial charge >= 0.3 is 5.97 Å². The second-order valence-electron chi connectivity index (χ2n) is 3.59. The number of ketones is 1. The van der Waals surface area contributed by atoms with Gasteiger partial charge in [0.05, 0.1) is 19.3 Å². The van der Waals surface area contributed by atoms with Gasteiger partial charge in [0.2, 0.25) is 0 Å². The number of benzene rings is 1. The minimum atomic E-state index is -1.45. The SMILES string of the molecule is COc1cccc(C(=O)CS(=O)CCC(=O)O)c1. The molecule has 0 fully saturated rings. The van der Waals surface area contributed by atoms with Gasteiger partial charge in [-0.15, -0.1) is 0 Å². The molecule has 0 aliphatic carbocycles. The Labute approximate surface area is 107 Å². The monoisotopic (exact) mass is 270 g/mol. The lowest BCUT2D eigenvalue weighted by Crippen LogP contribution is -2.15. The fourth-order valence-electron chi connectivity index (χ4n) is 1.30. The highest BCUT2D eigenvalue weighted by Crippen LogP contribution is 2.13. The summed E-state index contributed by atoms with van der Waals surface area (Å²) in [7, 11) is 0.0437. The van der Waals surface area contributed by atoms with Crippen molar-refractivity contribution in [2.45, 2.75) is 6.42 Å². The van der Waals surface area contributed by atoms with Gasteiger partial charge in [0.1, 0.15) is 5.75 Å². The number of methoxy groups -OCH3 is 1. The molecule has 0 heterocycles. The third-order valence-corrected chi connectivity index (χ3v) is 3.47. The molecule has 98 valence electrons. The Balaban J connectivity index is 2.59. The summed E-state index contributed by atoms with van der Waals surface area (Å²) >= 11 is 0. The number of hydrogen-bond donors (Lipinski definition) is 1. The summed E-state index contributed by atoms with van der Waals surface area (Å²) in [6, 6.07) is 6.56. The molecule has 0 saturated carbocycles. The molecule has 1 aromatic carbocycles. The van der Waals surface area contributed by atoms with Crippen LogP contribution in [0.4, 0.5) is 0 Å². The minimum Gasteiger partial charge on any atom is -0.497 e. The molecule has 1 atom stereocenters. The number of hydrogen-bond acceptors (Lipinski definition) is 4. The number of Topliss-reactive ketones (excluding diaryl/α,β-unsaturated/α-hetero) is 1. The van der Waals surface area contributed by atoms with Gasteiger partial charge in [0, 0.05) is 22.1 Å². The molecule has 1 unspecified atom stereocenters. The average molecular weight is 270 g/mol. The Kier molecular flexibility index (Phi) is 5.51. The van der Waals surface area contributed by atoms with E-state index in [2.05, 4.69) is 0 Å². The molecule has 1 rings (SSSR count). The van der Waals surface area contributed by atoms with E-state index in [1.807, 2.05) is 0 Å². The van der Waals surface area contributed by atoms with E-state index in [-0.39, 0.29) is 23.7 Å². The summed E-state index contributed by atoms with van der Waals surface area (Å²) in [6.07, 6.45) is -0.196. The summed E-state index contributed by atoms with van der Waals surface area (Å²) in [6.45, 7) is 0. The summed E-state index contributed by atoms with van der Waals surface area (Å²) in [5.41, 5.74) is 0.415. The molecule has 0 bridgehead atoms. The molecule has 0 saturated heterocycles. The smallest absolute Gasteiger partial charge is 0.304 e. The molecule has 5 nitrogen and oxygen atoms in total. The zero-order valence-electron chi connectivity index (χ0n) is 9.92. The van der Waals surface area contributed by atoms with Crippen LogP contribution in [0.2, 0.25) is 0 Å². The first kappa shape index (κ1) is 14.4. The number of carbonyl (C=O) groups excluding carboxylic acids is 1. The molecule has 0 amide bonds. The quantitative estimate of drug-likeness (QED) is 0.750. The van der Waals surface area contributed by atoms with Crippen LogP contribution in [0, 0.1) is 0 Å². The van der Waals surface area contributed by atoms with Crippen molar-refractivity contribution in [3.8, 4) is 5.75 Å². The third-order valence-electron chi connectivity index (χ3n) is 2.23. The van der Waals surface area contributed by atoms with Crippen molar-refractivity contribution in [1.29, 1.82) is 0 Å². The van der Waals surface area contributed by atoms with Gasteiger partial charge < -0.3 is 9.84 Å². The Morgan fingerprint density at radius 1 is 1.39 bits per heavy atom. The van der Waals surface area contributed by atoms with Crippen LogP contribution in [0.5, 0.6) is 5.75 Å². The Bertz CT molecular complexity index is 469. The highest BCUT2D eigenvalue weighted by molar-refractivity contribution is 7.85. The lowest BCUT2D eigenvalue weighted by molar-refractivity contribution is -0.136. The van der Waals surface area contributed by atoms with Crippen LogP contribution in [-0.4, -0.2) is 39.7 Å². The van der Waals surface area contributed by atoms with Crippen molar-refractivity contribution in [1.82, 2.24) is 0 Å². The van der Waals surface area contributed by atoms with E-state index >= 15 is 0 Å². The van der Waals surface area contributed by atoms with Crippen molar-refractivity contribution >= 4 is 22.6 Å². The van der Waals surface area contributed by atoms with Crippen LogP contribution < -0.4 is 4.74 Å². The number of aliphatic carboxylic acids is 1. The van der Waals surface area contributed by atoms with E-state index in [9.17, 15) is 13.8 Å². The van der Waals surface area contributed by atoms with Crippen molar-refractivity contribution in [3.63, 3.8) is 0 Å². The van der Waals surface area contributed by atoms with Crippen molar-refractivity contribution in [3.05, 3.63) is 29.8 Å². The number of carbonyl (C=O) groups is 2. The predicted molar refractivity (Wildman–Crippen MR) is 67.5 cm³/mol. The first-order valence-corrected chi connectivity index (χ1v) is 6.75. The van der Waals surface area contributed by atoms with E-state index in [1.165, 1.54) is 7.11 Å². The topological polar surface area (TPSA) is 80.7 Å². The lowest BCUT2D eigenvalue weighted by atomic mass is 10.1. The highest BCUT2D eigenvalue weighted by Gasteiger charge is 2.12. The predicted octanol–water partition coefficient (Wildman–Crippen LogP) is 1.10. The van der Waals surface area contributed by atoms with Crippen molar-refractivity contribution in [2.75, 3.05) is 18.6 Å². The number of ether oxygens (including phenoxy) is 1. The van der Waals surface area contributed by atoms with Gasteiger partial charge in [-0.3, -0.25) is 13.8 Å². The van der Waals surface area contributed by atoms with E-state index in [4.69, 9.17) is 9.84 Å². The van der Waals surface area contributed by atoms with Crippen LogP contribution in [0.1, 0.15) is 16.8 Å². The maximum atomic E-state index is 11.8. The van der Waals surface area contributed by atoms with Crippen LogP contribution >= 0.6 is 0 Å². The van der Waals surface area contributed by atoms with E-state index in [1.54, 1.807) is 24.3 Å². The fourth-order valence-corrected chi connectivity index (χ4v) is 2.31. The standard InChI is InChI=1S/C12H14O5S/c1-17-10-4-2-3-9(7-10)11(13)8-18(16)6-5-12(14)15/h2-4,7H,5-6,8H2,1H3,(H,14,15). The van der Waals surface area contributed by atoms with Gasteiger partial charge in [-0.25, -0.2) is 0 Å². The summed E-state index contributed by atoms with van der Waals surface area (Å²) in [4.78, 5) is 22.1. The molecular formula is C12H14O5S. The molecule has 0 aliphatic rings. The zero-order chi connectivity index (χ0) is 13.5. The van der Waals surface area contributed by atoms with Crippen molar-refractivity contribution in [2.24, 2.45) is 0 Å². The zero-order valence-corrected chi connectivity index (χ0v) is 10.7. The second kappa shape index (κ2) is 6.90. The fraction of sp³-hybridized carbons (Fsp3) is 0.333. The maximum Gasteiger partial charge on any atom is 0.304 e. The molecular weight excluding hydrogens is 256 g/mol. The van der Waals surface area contributed by atoms with Crippen LogP contribution in [0.3, 0.4) is 0 Å². The molecule has 0 aliphatic heterocycles. The van der Waals surface area contributed by atoms with E-state index in [0.29, 0.717) is 11.3 Å². The first-order valence-electron chi connectivity index (χ1n) is 5.27.